The predicted molar refractivity (Wildman–Crippen MR) is 77.4 cm³/mol. The Labute approximate surface area is 117 Å². The van der Waals surface area contributed by atoms with E-state index in [9.17, 15) is 4.79 Å². The fourth-order valence-corrected chi connectivity index (χ4v) is 2.52. The molecule has 19 heavy (non-hydrogen) atoms. The van der Waals surface area contributed by atoms with Crippen molar-refractivity contribution in [1.82, 2.24) is 0 Å². The predicted octanol–water partition coefficient (Wildman–Crippen LogP) is 4.08. The van der Waals surface area contributed by atoms with Crippen LogP contribution >= 0.6 is 11.6 Å². The highest BCUT2D eigenvalue weighted by atomic mass is 35.5. The number of anilines is 1. The molecule has 1 N–H and O–H groups in total. The van der Waals surface area contributed by atoms with Gasteiger partial charge in [-0.05, 0) is 30.0 Å². The molecule has 0 unspecified atom stereocenters. The second-order valence-corrected chi connectivity index (χ2v) is 5.24. The Morgan fingerprint density at radius 2 is 1.74 bits per heavy atom. The molecule has 1 fully saturated rings. The van der Waals surface area contributed by atoms with Crippen molar-refractivity contribution in [1.29, 1.82) is 0 Å². The van der Waals surface area contributed by atoms with Gasteiger partial charge < -0.3 is 5.32 Å². The average Bonchev–Trinajstić information content (AvgIpc) is 3.23. The highest BCUT2D eigenvalue weighted by Gasteiger charge is 2.43. The monoisotopic (exact) mass is 271 g/mol. The maximum atomic E-state index is 12.1. The smallest absolute Gasteiger partial charge is 0.228 e. The summed E-state index contributed by atoms with van der Waals surface area (Å²) in [5.41, 5.74) is 1.93. The largest absolute Gasteiger partial charge is 0.325 e. The lowest BCUT2D eigenvalue weighted by Gasteiger charge is -2.06. The molecule has 3 rings (SSSR count). The van der Waals surface area contributed by atoms with Gasteiger partial charge in [-0.2, -0.15) is 0 Å². The second kappa shape index (κ2) is 5.06. The molecular weight excluding hydrogens is 258 g/mol. The van der Waals surface area contributed by atoms with Crippen LogP contribution in [0.4, 0.5) is 5.69 Å². The van der Waals surface area contributed by atoms with Crippen molar-refractivity contribution in [2.45, 2.75) is 12.3 Å². The molecule has 1 saturated carbocycles. The van der Waals surface area contributed by atoms with Gasteiger partial charge in [0.05, 0.1) is 10.7 Å². The first-order valence-corrected chi connectivity index (χ1v) is 6.74. The number of halogens is 1. The minimum atomic E-state index is 0.0574. The van der Waals surface area contributed by atoms with Gasteiger partial charge in [0, 0.05) is 5.92 Å². The Morgan fingerprint density at radius 1 is 1.05 bits per heavy atom. The Balaban J connectivity index is 1.66. The topological polar surface area (TPSA) is 29.1 Å². The summed E-state index contributed by atoms with van der Waals surface area (Å²) >= 11 is 6.03. The van der Waals surface area contributed by atoms with Crippen LogP contribution in [0, 0.1) is 5.92 Å². The summed E-state index contributed by atoms with van der Waals surface area (Å²) in [5.74, 6) is 0.476. The van der Waals surface area contributed by atoms with Crippen LogP contribution in [-0.4, -0.2) is 5.91 Å². The summed E-state index contributed by atoms with van der Waals surface area (Å²) in [6.07, 6.45) is 0.917. The fourth-order valence-electron chi connectivity index (χ4n) is 2.34. The quantitative estimate of drug-likeness (QED) is 0.895. The molecule has 0 aromatic heterocycles. The normalized spacial score (nSPS) is 20.9. The Morgan fingerprint density at radius 3 is 2.47 bits per heavy atom. The number of benzene rings is 2. The van der Waals surface area contributed by atoms with Crippen molar-refractivity contribution in [3.05, 3.63) is 65.2 Å². The second-order valence-electron chi connectivity index (χ2n) is 4.83. The van der Waals surface area contributed by atoms with E-state index in [1.165, 1.54) is 5.56 Å². The minimum Gasteiger partial charge on any atom is -0.325 e. The number of hydrogen-bond acceptors (Lipinski definition) is 1. The molecule has 2 atom stereocenters. The summed E-state index contributed by atoms with van der Waals surface area (Å²) in [5, 5.41) is 3.48. The standard InChI is InChI=1S/C16H14ClNO/c17-14-8-4-5-9-15(14)18-16(19)13-10-12(13)11-6-2-1-3-7-11/h1-9,12-13H,10H2,(H,18,19)/t12-,13+/m1/s1. The zero-order chi connectivity index (χ0) is 13.2. The lowest BCUT2D eigenvalue weighted by Crippen LogP contribution is -2.14. The molecule has 0 bridgehead atoms. The van der Waals surface area contributed by atoms with Crippen LogP contribution in [0.3, 0.4) is 0 Å². The molecule has 1 aliphatic rings. The van der Waals surface area contributed by atoms with E-state index in [4.69, 9.17) is 11.6 Å². The van der Waals surface area contributed by atoms with Gasteiger partial charge in [0.15, 0.2) is 0 Å². The molecule has 0 heterocycles. The van der Waals surface area contributed by atoms with Gasteiger partial charge >= 0.3 is 0 Å². The molecule has 2 aromatic rings. The molecule has 1 aliphatic carbocycles. The SMILES string of the molecule is O=C(Nc1ccccc1Cl)[C@H]1C[C@@H]1c1ccccc1. The van der Waals surface area contributed by atoms with Crippen LogP contribution in [0.1, 0.15) is 17.9 Å². The van der Waals surface area contributed by atoms with Crippen molar-refractivity contribution >= 4 is 23.2 Å². The molecule has 0 saturated heterocycles. The van der Waals surface area contributed by atoms with Crippen molar-refractivity contribution < 1.29 is 4.79 Å². The maximum absolute atomic E-state index is 12.1. The van der Waals surface area contributed by atoms with Crippen molar-refractivity contribution in [3.8, 4) is 0 Å². The van der Waals surface area contributed by atoms with E-state index in [1.807, 2.05) is 36.4 Å². The summed E-state index contributed by atoms with van der Waals surface area (Å²) in [6.45, 7) is 0. The van der Waals surface area contributed by atoms with E-state index < -0.39 is 0 Å². The minimum absolute atomic E-state index is 0.0574. The van der Waals surface area contributed by atoms with Crippen LogP contribution in [0.15, 0.2) is 54.6 Å². The van der Waals surface area contributed by atoms with Gasteiger partial charge in [0.2, 0.25) is 5.91 Å². The van der Waals surface area contributed by atoms with E-state index in [1.54, 1.807) is 6.07 Å². The lowest BCUT2D eigenvalue weighted by molar-refractivity contribution is -0.117. The zero-order valence-electron chi connectivity index (χ0n) is 10.3. The van der Waals surface area contributed by atoms with Crippen molar-refractivity contribution in [3.63, 3.8) is 0 Å². The summed E-state index contributed by atoms with van der Waals surface area (Å²) < 4.78 is 0. The number of amides is 1. The van der Waals surface area contributed by atoms with E-state index in [0.717, 1.165) is 6.42 Å². The van der Waals surface area contributed by atoms with Gasteiger partial charge in [-0.15, -0.1) is 0 Å². The van der Waals surface area contributed by atoms with Crippen molar-refractivity contribution in [2.75, 3.05) is 5.32 Å². The molecular formula is C16H14ClNO. The fraction of sp³-hybridized carbons (Fsp3) is 0.188. The van der Waals surface area contributed by atoms with Crippen molar-refractivity contribution in [2.24, 2.45) is 5.92 Å². The summed E-state index contributed by atoms with van der Waals surface area (Å²) in [6, 6.07) is 17.5. The number of hydrogen-bond donors (Lipinski definition) is 1. The molecule has 0 aliphatic heterocycles. The molecule has 2 nitrogen and oxygen atoms in total. The highest BCUT2D eigenvalue weighted by Crippen LogP contribution is 2.48. The third-order valence-electron chi connectivity index (χ3n) is 3.49. The number of carbonyl (C=O) groups is 1. The third-order valence-corrected chi connectivity index (χ3v) is 3.82. The first-order chi connectivity index (χ1) is 9.25. The first-order valence-electron chi connectivity index (χ1n) is 6.36. The van der Waals surface area contributed by atoms with E-state index >= 15 is 0 Å². The third kappa shape index (κ3) is 2.64. The molecule has 2 aromatic carbocycles. The van der Waals surface area contributed by atoms with Crippen LogP contribution in [0.5, 0.6) is 0 Å². The van der Waals surface area contributed by atoms with Crippen LogP contribution in [0.2, 0.25) is 5.02 Å². The number of nitrogens with one attached hydrogen (secondary N) is 1. The Hall–Kier alpha value is -1.80. The Bertz CT molecular complexity index is 597. The van der Waals surface area contributed by atoms with E-state index in [2.05, 4.69) is 17.4 Å². The van der Waals surface area contributed by atoms with Crippen LogP contribution in [-0.2, 0) is 4.79 Å². The zero-order valence-corrected chi connectivity index (χ0v) is 11.1. The van der Waals surface area contributed by atoms with Crippen LogP contribution in [0.25, 0.3) is 0 Å². The van der Waals surface area contributed by atoms with Gasteiger partial charge in [0.1, 0.15) is 0 Å². The maximum Gasteiger partial charge on any atom is 0.228 e. The molecule has 0 spiro atoms. The molecule has 3 heteroatoms. The molecule has 96 valence electrons. The lowest BCUT2D eigenvalue weighted by atomic mass is 10.1. The number of rotatable bonds is 3. The number of para-hydroxylation sites is 1. The summed E-state index contributed by atoms with van der Waals surface area (Å²) in [4.78, 5) is 12.1. The van der Waals surface area contributed by atoms with E-state index in [0.29, 0.717) is 16.6 Å². The van der Waals surface area contributed by atoms with Gasteiger partial charge in [-0.25, -0.2) is 0 Å². The molecule has 1 amide bonds. The van der Waals surface area contributed by atoms with Gasteiger partial charge in [0.25, 0.3) is 0 Å². The number of carbonyl (C=O) groups excluding carboxylic acids is 1. The highest BCUT2D eigenvalue weighted by molar-refractivity contribution is 6.33. The summed E-state index contributed by atoms with van der Waals surface area (Å²) in [7, 11) is 0. The molecule has 0 radical (unpaired) electrons. The first kappa shape index (κ1) is 12.2. The Kier molecular flexibility index (Phi) is 3.26. The van der Waals surface area contributed by atoms with Gasteiger partial charge in [-0.3, -0.25) is 4.79 Å². The van der Waals surface area contributed by atoms with Gasteiger partial charge in [-0.1, -0.05) is 54.1 Å². The average molecular weight is 272 g/mol. The van der Waals surface area contributed by atoms with E-state index in [-0.39, 0.29) is 11.8 Å². The van der Waals surface area contributed by atoms with Crippen LogP contribution < -0.4 is 5.32 Å².